The molecule has 0 N–H and O–H groups in total. The van der Waals surface area contributed by atoms with Crippen LogP contribution < -0.4 is 4.90 Å². The Kier molecular flexibility index (Phi) is 3.40. The summed E-state index contributed by atoms with van der Waals surface area (Å²) in [5, 5.41) is 0. The van der Waals surface area contributed by atoms with Crippen LogP contribution in [-0.4, -0.2) is 11.8 Å². The van der Waals surface area contributed by atoms with Gasteiger partial charge in [0.25, 0.3) is 11.8 Å². The Morgan fingerprint density at radius 3 is 2.24 bits per heavy atom. The van der Waals surface area contributed by atoms with Crippen LogP contribution >= 0.6 is 0 Å². The van der Waals surface area contributed by atoms with Gasteiger partial charge in [-0.05, 0) is 30.5 Å². The van der Waals surface area contributed by atoms with Gasteiger partial charge in [-0.2, -0.15) is 0 Å². The second kappa shape index (κ2) is 5.37. The second-order valence-corrected chi connectivity index (χ2v) is 5.10. The predicted molar refractivity (Wildman–Crippen MR) is 81.9 cm³/mol. The molecular weight excluding hydrogens is 262 g/mol. The van der Waals surface area contributed by atoms with Crippen molar-refractivity contribution in [1.29, 1.82) is 0 Å². The molecule has 0 bridgehead atoms. The highest BCUT2D eigenvalue weighted by atomic mass is 16.2. The SMILES string of the molecule is CC1=CC(=O)N(c2ccccc2Cc2ccccc2)C1=O. The van der Waals surface area contributed by atoms with E-state index in [0.29, 0.717) is 17.7 Å². The van der Waals surface area contributed by atoms with E-state index in [1.165, 1.54) is 11.0 Å². The number of nitrogens with zero attached hydrogens (tertiary/aromatic N) is 1. The lowest BCUT2D eigenvalue weighted by molar-refractivity contribution is -0.120. The lowest BCUT2D eigenvalue weighted by Gasteiger charge is -2.18. The summed E-state index contributed by atoms with van der Waals surface area (Å²) in [5.41, 5.74) is 3.26. The van der Waals surface area contributed by atoms with Crippen molar-refractivity contribution in [2.45, 2.75) is 13.3 Å². The number of carbonyl (C=O) groups is 2. The molecule has 1 aliphatic rings. The van der Waals surface area contributed by atoms with E-state index in [0.717, 1.165) is 11.1 Å². The first-order chi connectivity index (χ1) is 10.2. The number of carbonyl (C=O) groups excluding carboxylic acids is 2. The number of hydrogen-bond donors (Lipinski definition) is 0. The average molecular weight is 277 g/mol. The molecule has 0 radical (unpaired) electrons. The maximum atomic E-state index is 12.2. The fraction of sp³-hybridized carbons (Fsp3) is 0.111. The van der Waals surface area contributed by atoms with Gasteiger partial charge in [0.2, 0.25) is 0 Å². The summed E-state index contributed by atoms with van der Waals surface area (Å²) in [5.74, 6) is -0.501. The molecule has 2 aromatic carbocycles. The van der Waals surface area contributed by atoms with Crippen LogP contribution in [0.15, 0.2) is 66.2 Å². The highest BCUT2D eigenvalue weighted by molar-refractivity contribution is 6.30. The Morgan fingerprint density at radius 1 is 0.905 bits per heavy atom. The maximum Gasteiger partial charge on any atom is 0.261 e. The van der Waals surface area contributed by atoms with Crippen molar-refractivity contribution in [3.05, 3.63) is 77.4 Å². The minimum Gasteiger partial charge on any atom is -0.269 e. The van der Waals surface area contributed by atoms with E-state index >= 15 is 0 Å². The van der Waals surface area contributed by atoms with E-state index < -0.39 is 0 Å². The summed E-state index contributed by atoms with van der Waals surface area (Å²) in [4.78, 5) is 25.4. The standard InChI is InChI=1S/C18H15NO2/c1-13-11-17(20)19(18(13)21)16-10-6-5-9-15(16)12-14-7-3-2-4-8-14/h2-11H,12H2,1H3. The molecule has 0 aromatic heterocycles. The van der Waals surface area contributed by atoms with Crippen molar-refractivity contribution in [2.75, 3.05) is 4.90 Å². The summed E-state index contributed by atoms with van der Waals surface area (Å²) in [7, 11) is 0. The fourth-order valence-electron chi connectivity index (χ4n) is 2.51. The summed E-state index contributed by atoms with van der Waals surface area (Å²) >= 11 is 0. The third-order valence-electron chi connectivity index (χ3n) is 3.57. The van der Waals surface area contributed by atoms with Crippen LogP contribution in [0.2, 0.25) is 0 Å². The van der Waals surface area contributed by atoms with Crippen molar-refractivity contribution in [3.8, 4) is 0 Å². The van der Waals surface area contributed by atoms with Crippen LogP contribution in [0.3, 0.4) is 0 Å². The number of rotatable bonds is 3. The molecule has 0 atom stereocenters. The molecule has 0 saturated heterocycles. The van der Waals surface area contributed by atoms with Gasteiger partial charge >= 0.3 is 0 Å². The molecule has 3 rings (SSSR count). The molecule has 2 aromatic rings. The molecule has 0 saturated carbocycles. The first-order valence-electron chi connectivity index (χ1n) is 6.85. The molecule has 2 amide bonds. The number of amides is 2. The van der Waals surface area contributed by atoms with E-state index in [9.17, 15) is 9.59 Å². The molecule has 1 aliphatic heterocycles. The second-order valence-electron chi connectivity index (χ2n) is 5.10. The van der Waals surface area contributed by atoms with Gasteiger partial charge in [-0.1, -0.05) is 48.5 Å². The van der Waals surface area contributed by atoms with Crippen molar-refractivity contribution in [1.82, 2.24) is 0 Å². The Morgan fingerprint density at radius 2 is 1.57 bits per heavy atom. The molecule has 1 heterocycles. The van der Waals surface area contributed by atoms with Gasteiger partial charge in [0, 0.05) is 11.6 Å². The lowest BCUT2D eigenvalue weighted by Crippen LogP contribution is -2.31. The zero-order valence-corrected chi connectivity index (χ0v) is 11.7. The minimum atomic E-state index is -0.266. The first-order valence-corrected chi connectivity index (χ1v) is 6.85. The monoisotopic (exact) mass is 277 g/mol. The van der Waals surface area contributed by atoms with Gasteiger partial charge in [-0.3, -0.25) is 9.59 Å². The molecular formula is C18H15NO2. The summed E-state index contributed by atoms with van der Waals surface area (Å²) < 4.78 is 0. The normalized spacial score (nSPS) is 14.5. The van der Waals surface area contributed by atoms with Gasteiger partial charge in [0.05, 0.1) is 5.69 Å². The summed E-state index contributed by atoms with van der Waals surface area (Å²) in [6.45, 7) is 1.67. The van der Waals surface area contributed by atoms with Crippen molar-refractivity contribution < 1.29 is 9.59 Å². The Hall–Kier alpha value is -2.68. The Labute approximate surface area is 123 Å². The molecule has 3 heteroatoms. The smallest absolute Gasteiger partial charge is 0.261 e. The van der Waals surface area contributed by atoms with Crippen LogP contribution in [0.4, 0.5) is 5.69 Å². The zero-order chi connectivity index (χ0) is 14.8. The van der Waals surface area contributed by atoms with Gasteiger partial charge in [-0.15, -0.1) is 0 Å². The van der Waals surface area contributed by atoms with Crippen molar-refractivity contribution in [3.63, 3.8) is 0 Å². The van der Waals surface area contributed by atoms with Crippen LogP contribution in [0.5, 0.6) is 0 Å². The number of anilines is 1. The van der Waals surface area contributed by atoms with Gasteiger partial charge in [0.1, 0.15) is 0 Å². The molecule has 0 fully saturated rings. The number of benzene rings is 2. The zero-order valence-electron chi connectivity index (χ0n) is 11.7. The van der Waals surface area contributed by atoms with Crippen LogP contribution in [-0.2, 0) is 16.0 Å². The van der Waals surface area contributed by atoms with Gasteiger partial charge < -0.3 is 0 Å². The van der Waals surface area contributed by atoms with Gasteiger partial charge in [-0.25, -0.2) is 4.90 Å². The molecule has 0 spiro atoms. The topological polar surface area (TPSA) is 37.4 Å². The molecule has 0 unspecified atom stereocenters. The first kappa shape index (κ1) is 13.3. The van der Waals surface area contributed by atoms with Gasteiger partial charge in [0.15, 0.2) is 0 Å². The van der Waals surface area contributed by atoms with E-state index in [1.54, 1.807) is 6.92 Å². The minimum absolute atomic E-state index is 0.236. The summed E-state index contributed by atoms with van der Waals surface area (Å²) in [6, 6.07) is 17.5. The van der Waals surface area contributed by atoms with E-state index in [2.05, 4.69) is 0 Å². The van der Waals surface area contributed by atoms with Crippen molar-refractivity contribution >= 4 is 17.5 Å². The Bertz CT molecular complexity index is 732. The van der Waals surface area contributed by atoms with Crippen LogP contribution in [0.25, 0.3) is 0 Å². The highest BCUT2D eigenvalue weighted by Crippen LogP contribution is 2.27. The Balaban J connectivity index is 1.98. The van der Waals surface area contributed by atoms with Crippen molar-refractivity contribution in [2.24, 2.45) is 0 Å². The molecule has 3 nitrogen and oxygen atoms in total. The van der Waals surface area contributed by atoms with Crippen LogP contribution in [0.1, 0.15) is 18.1 Å². The van der Waals surface area contributed by atoms with E-state index in [4.69, 9.17) is 0 Å². The third-order valence-corrected chi connectivity index (χ3v) is 3.57. The quantitative estimate of drug-likeness (QED) is 0.808. The largest absolute Gasteiger partial charge is 0.269 e. The average Bonchev–Trinajstić information content (AvgIpc) is 2.74. The maximum absolute atomic E-state index is 12.2. The summed E-state index contributed by atoms with van der Waals surface area (Å²) in [6.07, 6.45) is 2.08. The fourth-order valence-corrected chi connectivity index (χ4v) is 2.51. The predicted octanol–water partition coefficient (Wildman–Crippen LogP) is 3.10. The number of hydrogen-bond acceptors (Lipinski definition) is 2. The number of imide groups is 1. The molecule has 0 aliphatic carbocycles. The van der Waals surface area contributed by atoms with E-state index in [-0.39, 0.29) is 11.8 Å². The molecule has 104 valence electrons. The lowest BCUT2D eigenvalue weighted by atomic mass is 10.0. The third kappa shape index (κ3) is 2.50. The highest BCUT2D eigenvalue weighted by Gasteiger charge is 2.30. The number of para-hydroxylation sites is 1. The van der Waals surface area contributed by atoms with Crippen LogP contribution in [0, 0.1) is 0 Å². The molecule has 21 heavy (non-hydrogen) atoms. The van der Waals surface area contributed by atoms with E-state index in [1.807, 2.05) is 54.6 Å².